The Morgan fingerprint density at radius 1 is 1.10 bits per heavy atom. The summed E-state index contributed by atoms with van der Waals surface area (Å²) in [5, 5.41) is 0.502. The number of H-pyrrole nitrogens is 1. The Labute approximate surface area is 129 Å². The summed E-state index contributed by atoms with van der Waals surface area (Å²) in [6.45, 7) is 1.95. The maximum atomic E-state index is 12.5. The van der Waals surface area contributed by atoms with Crippen molar-refractivity contribution in [1.82, 2.24) is 4.98 Å². The maximum absolute atomic E-state index is 12.5. The molecule has 0 saturated carbocycles. The molecule has 0 saturated heterocycles. The van der Waals surface area contributed by atoms with Crippen molar-refractivity contribution in [2.24, 2.45) is 0 Å². The molecule has 0 fully saturated rings. The standard InChI is InChI=1S/C17H12BrNO2/c1-10-2-4-11(5-3-10)16(20)14-9-19-15-7-6-12(18)8-13(15)17(14)21/h2-9H,1H3,(H,19,21). The Kier molecular flexibility index (Phi) is 3.47. The number of rotatable bonds is 2. The number of hydrogen-bond donors (Lipinski definition) is 1. The van der Waals surface area contributed by atoms with E-state index in [9.17, 15) is 9.59 Å². The van der Waals surface area contributed by atoms with Gasteiger partial charge in [0, 0.05) is 27.1 Å². The third-order valence-corrected chi connectivity index (χ3v) is 3.89. The van der Waals surface area contributed by atoms with E-state index in [0.717, 1.165) is 10.0 Å². The van der Waals surface area contributed by atoms with Crippen LogP contribution in [0.25, 0.3) is 10.9 Å². The fourth-order valence-corrected chi connectivity index (χ4v) is 2.58. The predicted molar refractivity (Wildman–Crippen MR) is 86.9 cm³/mol. The highest BCUT2D eigenvalue weighted by Crippen LogP contribution is 2.17. The fraction of sp³-hybridized carbons (Fsp3) is 0.0588. The molecule has 0 aliphatic carbocycles. The Hall–Kier alpha value is -2.20. The molecule has 0 bridgehead atoms. The minimum atomic E-state index is -0.266. The van der Waals surface area contributed by atoms with Crippen LogP contribution < -0.4 is 5.43 Å². The van der Waals surface area contributed by atoms with Crippen molar-refractivity contribution in [2.75, 3.05) is 0 Å². The van der Waals surface area contributed by atoms with Crippen molar-refractivity contribution < 1.29 is 4.79 Å². The van der Waals surface area contributed by atoms with Crippen LogP contribution in [-0.4, -0.2) is 10.8 Å². The Balaban J connectivity index is 2.16. The number of carbonyl (C=O) groups is 1. The molecule has 0 atom stereocenters. The minimum absolute atomic E-state index is 0.157. The zero-order chi connectivity index (χ0) is 15.0. The lowest BCUT2D eigenvalue weighted by Crippen LogP contribution is -2.16. The van der Waals surface area contributed by atoms with Gasteiger partial charge in [-0.3, -0.25) is 9.59 Å². The van der Waals surface area contributed by atoms with Crippen LogP contribution in [0.15, 0.2) is 57.9 Å². The molecule has 0 amide bonds. The molecule has 1 heterocycles. The van der Waals surface area contributed by atoms with Crippen molar-refractivity contribution in [3.05, 3.63) is 80.0 Å². The fourth-order valence-electron chi connectivity index (χ4n) is 2.22. The van der Waals surface area contributed by atoms with Gasteiger partial charge >= 0.3 is 0 Å². The zero-order valence-corrected chi connectivity index (χ0v) is 12.9. The summed E-state index contributed by atoms with van der Waals surface area (Å²) in [5.74, 6) is -0.266. The number of pyridine rings is 1. The van der Waals surface area contributed by atoms with Gasteiger partial charge in [-0.05, 0) is 25.1 Å². The van der Waals surface area contributed by atoms with Crippen LogP contribution in [0.2, 0.25) is 0 Å². The molecule has 2 aromatic carbocycles. The SMILES string of the molecule is Cc1ccc(C(=O)c2c[nH]c3ccc(Br)cc3c2=O)cc1. The summed E-state index contributed by atoms with van der Waals surface area (Å²) >= 11 is 3.34. The number of fused-ring (bicyclic) bond motifs is 1. The molecule has 0 radical (unpaired) electrons. The van der Waals surface area contributed by atoms with Crippen molar-refractivity contribution in [3.63, 3.8) is 0 Å². The highest BCUT2D eigenvalue weighted by molar-refractivity contribution is 9.10. The summed E-state index contributed by atoms with van der Waals surface area (Å²) in [7, 11) is 0. The summed E-state index contributed by atoms with van der Waals surface area (Å²) < 4.78 is 0.806. The maximum Gasteiger partial charge on any atom is 0.200 e. The number of aromatic amines is 1. The smallest absolute Gasteiger partial charge is 0.200 e. The van der Waals surface area contributed by atoms with Crippen molar-refractivity contribution in [1.29, 1.82) is 0 Å². The predicted octanol–water partition coefficient (Wildman–Crippen LogP) is 3.83. The largest absolute Gasteiger partial charge is 0.360 e. The van der Waals surface area contributed by atoms with Gasteiger partial charge in [0.15, 0.2) is 5.78 Å². The lowest BCUT2D eigenvalue weighted by atomic mass is 10.0. The molecule has 104 valence electrons. The Morgan fingerprint density at radius 2 is 1.81 bits per heavy atom. The molecule has 3 aromatic rings. The molecular weight excluding hydrogens is 330 g/mol. The van der Waals surface area contributed by atoms with Gasteiger partial charge < -0.3 is 4.98 Å². The van der Waals surface area contributed by atoms with E-state index in [1.54, 1.807) is 24.3 Å². The van der Waals surface area contributed by atoms with Crippen LogP contribution in [0.1, 0.15) is 21.5 Å². The number of carbonyl (C=O) groups excluding carboxylic acids is 1. The molecule has 1 N–H and O–H groups in total. The Bertz CT molecular complexity index is 895. The van der Waals surface area contributed by atoms with Gasteiger partial charge in [-0.15, -0.1) is 0 Å². The molecule has 3 nitrogen and oxygen atoms in total. The third-order valence-electron chi connectivity index (χ3n) is 3.40. The van der Waals surface area contributed by atoms with Crippen molar-refractivity contribution in [2.45, 2.75) is 6.92 Å². The molecule has 0 spiro atoms. The van der Waals surface area contributed by atoms with E-state index in [-0.39, 0.29) is 16.8 Å². The second-order valence-corrected chi connectivity index (χ2v) is 5.83. The van der Waals surface area contributed by atoms with Gasteiger partial charge in [0.25, 0.3) is 0 Å². The number of ketones is 1. The van der Waals surface area contributed by atoms with E-state index < -0.39 is 0 Å². The molecule has 3 rings (SSSR count). The molecule has 1 aromatic heterocycles. The molecule has 0 aliphatic rings. The summed E-state index contributed by atoms with van der Waals surface area (Å²) in [5.41, 5.74) is 2.20. The number of hydrogen-bond acceptors (Lipinski definition) is 2. The normalized spacial score (nSPS) is 10.8. The minimum Gasteiger partial charge on any atom is -0.360 e. The van der Waals surface area contributed by atoms with Gasteiger partial charge in [0.2, 0.25) is 5.43 Å². The first kappa shape index (κ1) is 13.8. The number of benzene rings is 2. The van der Waals surface area contributed by atoms with Crippen LogP contribution >= 0.6 is 15.9 Å². The third kappa shape index (κ3) is 2.54. The van der Waals surface area contributed by atoms with Crippen LogP contribution in [0.5, 0.6) is 0 Å². The number of aromatic nitrogens is 1. The van der Waals surface area contributed by atoms with Gasteiger partial charge in [0.1, 0.15) is 0 Å². The van der Waals surface area contributed by atoms with Crippen molar-refractivity contribution in [3.8, 4) is 0 Å². The summed E-state index contributed by atoms with van der Waals surface area (Å²) in [4.78, 5) is 28.0. The highest BCUT2D eigenvalue weighted by atomic mass is 79.9. The molecule has 21 heavy (non-hydrogen) atoms. The van der Waals surface area contributed by atoms with Crippen molar-refractivity contribution >= 4 is 32.6 Å². The summed E-state index contributed by atoms with van der Waals surface area (Å²) in [6, 6.07) is 12.6. The van der Waals surface area contributed by atoms with E-state index >= 15 is 0 Å². The number of halogens is 1. The van der Waals surface area contributed by atoms with E-state index in [2.05, 4.69) is 20.9 Å². The zero-order valence-electron chi connectivity index (χ0n) is 11.3. The summed E-state index contributed by atoms with van der Waals surface area (Å²) in [6.07, 6.45) is 1.49. The second-order valence-electron chi connectivity index (χ2n) is 4.92. The average molecular weight is 342 g/mol. The molecule has 0 aliphatic heterocycles. The first-order valence-electron chi connectivity index (χ1n) is 6.48. The van der Waals surface area contributed by atoms with Gasteiger partial charge in [-0.2, -0.15) is 0 Å². The van der Waals surface area contributed by atoms with Crippen LogP contribution in [0, 0.1) is 6.92 Å². The van der Waals surface area contributed by atoms with Crippen LogP contribution in [0.4, 0.5) is 0 Å². The molecule has 0 unspecified atom stereocenters. The average Bonchev–Trinajstić information content (AvgIpc) is 2.48. The van der Waals surface area contributed by atoms with E-state index in [1.807, 2.05) is 25.1 Å². The van der Waals surface area contributed by atoms with E-state index in [4.69, 9.17) is 0 Å². The quantitative estimate of drug-likeness (QED) is 0.720. The number of nitrogens with one attached hydrogen (secondary N) is 1. The molecular formula is C17H12BrNO2. The van der Waals surface area contributed by atoms with E-state index in [1.165, 1.54) is 6.20 Å². The van der Waals surface area contributed by atoms with Gasteiger partial charge in [-0.1, -0.05) is 45.8 Å². The lowest BCUT2D eigenvalue weighted by Gasteiger charge is -2.04. The van der Waals surface area contributed by atoms with Gasteiger partial charge in [0.05, 0.1) is 5.56 Å². The second kappa shape index (κ2) is 5.30. The van der Waals surface area contributed by atoms with Crippen LogP contribution in [0.3, 0.4) is 0 Å². The lowest BCUT2D eigenvalue weighted by molar-refractivity contribution is 0.103. The molecule has 4 heteroatoms. The topological polar surface area (TPSA) is 49.9 Å². The van der Waals surface area contributed by atoms with Gasteiger partial charge in [-0.25, -0.2) is 0 Å². The number of aryl methyl sites for hydroxylation is 1. The first-order chi connectivity index (χ1) is 10.1. The Morgan fingerprint density at radius 3 is 2.52 bits per heavy atom. The highest BCUT2D eigenvalue weighted by Gasteiger charge is 2.15. The van der Waals surface area contributed by atoms with Crippen LogP contribution in [-0.2, 0) is 0 Å². The first-order valence-corrected chi connectivity index (χ1v) is 7.28. The monoisotopic (exact) mass is 341 g/mol. The van der Waals surface area contributed by atoms with E-state index in [0.29, 0.717) is 16.5 Å².